The highest BCUT2D eigenvalue weighted by Crippen LogP contribution is 2.14. The van der Waals surface area contributed by atoms with Crippen molar-refractivity contribution in [3.05, 3.63) is 25.0 Å². The average molecular weight is 463 g/mol. The van der Waals surface area contributed by atoms with Gasteiger partial charge in [-0.25, -0.2) is 0 Å². The van der Waals surface area contributed by atoms with E-state index in [0.29, 0.717) is 6.42 Å². The zero-order valence-corrected chi connectivity index (χ0v) is 22.4. The van der Waals surface area contributed by atoms with Crippen LogP contribution in [0.4, 0.5) is 0 Å². The molecule has 0 bridgehead atoms. The smallest absolute Gasteiger partial charge is 0.310 e. The molecule has 0 aliphatic rings. The van der Waals surface area contributed by atoms with Gasteiger partial charge in [0.1, 0.15) is 0 Å². The zero-order valence-electron chi connectivity index (χ0n) is 22.4. The Labute approximate surface area is 208 Å². The Balaban J connectivity index is 3.20. The fourth-order valence-corrected chi connectivity index (χ4v) is 4.33. The minimum absolute atomic E-state index is 0.0788. The molecule has 0 saturated heterocycles. The number of esters is 1. The number of hydrogen-bond donors (Lipinski definition) is 0. The molecule has 0 unspecified atom stereocenters. The van der Waals surface area contributed by atoms with Crippen molar-refractivity contribution in [2.45, 2.75) is 167 Å². The maximum Gasteiger partial charge on any atom is 0.310 e. The Hall–Kier alpha value is -1.05. The van der Waals surface area contributed by atoms with Crippen molar-refractivity contribution in [2.24, 2.45) is 0 Å². The quantitative estimate of drug-likeness (QED) is 0.0525. The van der Waals surface area contributed by atoms with Gasteiger partial charge in [-0.2, -0.15) is 0 Å². The van der Waals surface area contributed by atoms with E-state index in [0.717, 1.165) is 25.7 Å². The second-order valence-electron chi connectivity index (χ2n) is 9.90. The summed E-state index contributed by atoms with van der Waals surface area (Å²) in [5.41, 5.74) is 0. The van der Waals surface area contributed by atoms with Crippen LogP contribution in [0.3, 0.4) is 0 Å². The molecule has 0 aliphatic carbocycles. The molecule has 0 saturated carbocycles. The number of rotatable bonds is 27. The molecule has 0 rings (SSSR count). The summed E-state index contributed by atoms with van der Waals surface area (Å²) in [5.74, 6) is -0.0788. The van der Waals surface area contributed by atoms with Crippen molar-refractivity contribution in [1.82, 2.24) is 0 Å². The van der Waals surface area contributed by atoms with Gasteiger partial charge in [-0.1, -0.05) is 135 Å². The van der Waals surface area contributed by atoms with Crippen LogP contribution in [0.2, 0.25) is 0 Å². The van der Waals surface area contributed by atoms with Crippen molar-refractivity contribution >= 4 is 5.97 Å². The number of ether oxygens (including phenoxy) is 1. The van der Waals surface area contributed by atoms with Crippen LogP contribution in [0.1, 0.15) is 167 Å². The first kappa shape index (κ1) is 31.9. The Morgan fingerprint density at radius 3 is 1.42 bits per heavy atom. The van der Waals surface area contributed by atoms with Crippen molar-refractivity contribution in [3.8, 4) is 0 Å². The molecule has 0 aromatic carbocycles. The maximum atomic E-state index is 11.7. The van der Waals surface area contributed by atoms with Crippen molar-refractivity contribution in [1.29, 1.82) is 0 Å². The van der Waals surface area contributed by atoms with E-state index in [1.165, 1.54) is 128 Å². The average Bonchev–Trinajstić information content (AvgIpc) is 2.82. The zero-order chi connectivity index (χ0) is 24.1. The van der Waals surface area contributed by atoms with Crippen molar-refractivity contribution < 1.29 is 9.53 Å². The molecule has 194 valence electrons. The van der Waals surface area contributed by atoms with Gasteiger partial charge in [-0.3, -0.25) is 4.79 Å². The van der Waals surface area contributed by atoms with Crippen molar-refractivity contribution in [2.75, 3.05) is 0 Å². The Morgan fingerprint density at radius 1 is 0.576 bits per heavy atom. The van der Waals surface area contributed by atoms with E-state index in [4.69, 9.17) is 4.74 Å². The molecule has 0 aromatic rings. The highest BCUT2D eigenvalue weighted by atomic mass is 16.5. The summed E-state index contributed by atoms with van der Waals surface area (Å²) >= 11 is 0. The Kier molecular flexibility index (Phi) is 28.1. The number of unbranched alkanes of at least 4 members (excludes halogenated alkanes) is 22. The fraction of sp³-hybridized carbons (Fsp3) is 0.839. The molecule has 0 spiro atoms. The van der Waals surface area contributed by atoms with Crippen LogP contribution in [0.25, 0.3) is 0 Å². The summed E-state index contributed by atoms with van der Waals surface area (Å²) in [5, 5.41) is 0. The summed E-state index contributed by atoms with van der Waals surface area (Å²) in [6.07, 6.45) is 37.8. The Bertz CT molecular complexity index is 427. The van der Waals surface area contributed by atoms with E-state index in [9.17, 15) is 4.79 Å². The molecular formula is C31H58O2. The lowest BCUT2D eigenvalue weighted by Gasteiger charge is -2.03. The van der Waals surface area contributed by atoms with Gasteiger partial charge >= 0.3 is 5.97 Å². The number of allylic oxidation sites excluding steroid dienone is 2. The minimum Gasteiger partial charge on any atom is -0.435 e. The van der Waals surface area contributed by atoms with Gasteiger partial charge in [0.15, 0.2) is 0 Å². The van der Waals surface area contributed by atoms with Gasteiger partial charge in [-0.05, 0) is 38.2 Å². The van der Waals surface area contributed by atoms with E-state index in [-0.39, 0.29) is 5.97 Å². The third-order valence-electron chi connectivity index (χ3n) is 6.56. The second kappa shape index (κ2) is 29.0. The summed E-state index contributed by atoms with van der Waals surface area (Å²) in [6, 6.07) is 0. The first-order valence-corrected chi connectivity index (χ1v) is 14.8. The molecule has 0 atom stereocenters. The third-order valence-corrected chi connectivity index (χ3v) is 6.56. The van der Waals surface area contributed by atoms with E-state index >= 15 is 0 Å². The molecule has 0 aliphatic heterocycles. The van der Waals surface area contributed by atoms with Crippen LogP contribution in [0, 0.1) is 0 Å². The number of carbonyl (C=O) groups is 1. The monoisotopic (exact) mass is 462 g/mol. The maximum absolute atomic E-state index is 11.7. The van der Waals surface area contributed by atoms with Gasteiger partial charge in [0.2, 0.25) is 0 Å². The van der Waals surface area contributed by atoms with Gasteiger partial charge in [0.05, 0.1) is 6.26 Å². The van der Waals surface area contributed by atoms with Crippen LogP contribution in [0.5, 0.6) is 0 Å². The highest BCUT2D eigenvalue weighted by molar-refractivity contribution is 5.69. The molecule has 0 radical (unpaired) electrons. The molecule has 0 heterocycles. The van der Waals surface area contributed by atoms with Crippen LogP contribution in [-0.2, 0) is 9.53 Å². The normalized spacial score (nSPS) is 11.3. The number of hydrogen-bond acceptors (Lipinski definition) is 2. The number of carbonyl (C=O) groups excluding carboxylic acids is 1. The van der Waals surface area contributed by atoms with Crippen LogP contribution >= 0.6 is 0 Å². The molecule has 0 amide bonds. The molecular weight excluding hydrogens is 404 g/mol. The predicted molar refractivity (Wildman–Crippen MR) is 147 cm³/mol. The van der Waals surface area contributed by atoms with E-state index in [1.54, 1.807) is 6.26 Å². The largest absolute Gasteiger partial charge is 0.435 e. The second-order valence-corrected chi connectivity index (χ2v) is 9.90. The third kappa shape index (κ3) is 28.9. The van der Waals surface area contributed by atoms with Gasteiger partial charge in [0, 0.05) is 6.42 Å². The summed E-state index contributed by atoms with van der Waals surface area (Å²) in [4.78, 5) is 11.7. The summed E-state index contributed by atoms with van der Waals surface area (Å²) in [7, 11) is 0. The lowest BCUT2D eigenvalue weighted by Crippen LogP contribution is -1.98. The Morgan fingerprint density at radius 2 is 0.970 bits per heavy atom. The van der Waals surface area contributed by atoms with E-state index in [2.05, 4.69) is 13.5 Å². The highest BCUT2D eigenvalue weighted by Gasteiger charge is 2.00. The molecule has 0 aromatic heterocycles. The lowest BCUT2D eigenvalue weighted by molar-refractivity contribution is -0.138. The van der Waals surface area contributed by atoms with Crippen LogP contribution in [-0.4, -0.2) is 5.97 Å². The van der Waals surface area contributed by atoms with Gasteiger partial charge in [-0.15, -0.1) is 6.58 Å². The topological polar surface area (TPSA) is 26.3 Å². The fourth-order valence-electron chi connectivity index (χ4n) is 4.33. The molecule has 33 heavy (non-hydrogen) atoms. The SMILES string of the molecule is C=CCCCCCCCCC(=O)OC=CCCCCCCCCCCCCCCCCCC. The standard InChI is InChI=1S/C31H58O2/c1-3-5-7-9-11-13-14-15-16-17-18-19-20-21-22-24-26-28-30-33-31(32)29-27-25-23-12-10-8-6-4-2/h4,28,30H,2-3,5-27,29H2,1H3. The van der Waals surface area contributed by atoms with Crippen LogP contribution in [0.15, 0.2) is 25.0 Å². The molecule has 0 fully saturated rings. The van der Waals surface area contributed by atoms with E-state index < -0.39 is 0 Å². The summed E-state index contributed by atoms with van der Waals surface area (Å²) in [6.45, 7) is 6.04. The van der Waals surface area contributed by atoms with Gasteiger partial charge < -0.3 is 4.74 Å². The lowest BCUT2D eigenvalue weighted by atomic mass is 10.0. The van der Waals surface area contributed by atoms with Crippen LogP contribution < -0.4 is 0 Å². The van der Waals surface area contributed by atoms with Crippen molar-refractivity contribution in [3.63, 3.8) is 0 Å². The van der Waals surface area contributed by atoms with E-state index in [1.807, 2.05) is 12.2 Å². The first-order valence-electron chi connectivity index (χ1n) is 14.8. The first-order chi connectivity index (χ1) is 16.3. The minimum atomic E-state index is -0.0788. The predicted octanol–water partition coefficient (Wildman–Crippen LogP) is 11.0. The molecule has 0 N–H and O–H groups in total. The molecule has 2 heteroatoms. The van der Waals surface area contributed by atoms with Gasteiger partial charge in [0.25, 0.3) is 0 Å². The molecule has 2 nitrogen and oxygen atoms in total. The summed E-state index contributed by atoms with van der Waals surface area (Å²) < 4.78 is 5.20.